The van der Waals surface area contributed by atoms with Gasteiger partial charge in [0.05, 0.1) is 25.5 Å². The summed E-state index contributed by atoms with van der Waals surface area (Å²) in [5.74, 6) is -1.09. The first-order valence-electron chi connectivity index (χ1n) is 10.4. The van der Waals surface area contributed by atoms with Gasteiger partial charge in [0, 0.05) is 0 Å². The molecule has 2 N–H and O–H groups in total. The number of hydrogen-bond acceptors (Lipinski definition) is 6. The fraction of sp³-hybridized carbons (Fsp3) is 0.200. The van der Waals surface area contributed by atoms with Gasteiger partial charge in [0.1, 0.15) is 16.7 Å². The molecule has 178 valence electrons. The minimum absolute atomic E-state index is 0.0733. The standard InChI is InChI=1S/C25H26N2O6S/c1-17-13-14-22(32-2)23(15-17)34(30,31)27-21(16-18-9-5-4-6-10-18)24(28)26-20-12-8-7-11-19(20)25(29)33-3/h4-15,21,27H,16H2,1-3H3,(H,26,28)/t21-/m0/s1. The molecule has 0 aliphatic heterocycles. The highest BCUT2D eigenvalue weighted by Gasteiger charge is 2.29. The van der Waals surface area contributed by atoms with Gasteiger partial charge in [-0.05, 0) is 48.7 Å². The molecule has 0 aliphatic rings. The summed E-state index contributed by atoms with van der Waals surface area (Å²) in [6, 6.07) is 18.9. The van der Waals surface area contributed by atoms with Gasteiger partial charge in [0.25, 0.3) is 0 Å². The molecule has 9 heteroatoms. The van der Waals surface area contributed by atoms with Crippen molar-refractivity contribution in [3.63, 3.8) is 0 Å². The van der Waals surface area contributed by atoms with E-state index in [9.17, 15) is 18.0 Å². The molecule has 0 saturated carbocycles. The average molecular weight is 483 g/mol. The second kappa shape index (κ2) is 11.0. The topological polar surface area (TPSA) is 111 Å². The van der Waals surface area contributed by atoms with E-state index in [2.05, 4.69) is 10.0 Å². The monoisotopic (exact) mass is 482 g/mol. The normalized spacial score (nSPS) is 12.0. The highest BCUT2D eigenvalue weighted by Crippen LogP contribution is 2.25. The number of para-hydroxylation sites is 1. The number of esters is 1. The molecule has 8 nitrogen and oxygen atoms in total. The van der Waals surface area contributed by atoms with Crippen LogP contribution in [0.25, 0.3) is 0 Å². The smallest absolute Gasteiger partial charge is 0.339 e. The van der Waals surface area contributed by atoms with E-state index >= 15 is 0 Å². The Labute approximate surface area is 199 Å². The van der Waals surface area contributed by atoms with Crippen LogP contribution in [0.2, 0.25) is 0 Å². The number of amides is 1. The van der Waals surface area contributed by atoms with Gasteiger partial charge >= 0.3 is 5.97 Å². The molecule has 0 aromatic heterocycles. The summed E-state index contributed by atoms with van der Waals surface area (Å²) in [4.78, 5) is 25.3. The van der Waals surface area contributed by atoms with Crippen molar-refractivity contribution < 1.29 is 27.5 Å². The van der Waals surface area contributed by atoms with Crippen molar-refractivity contribution >= 4 is 27.6 Å². The Morgan fingerprint density at radius 1 is 0.941 bits per heavy atom. The Kier molecular flexibility index (Phi) is 8.04. The van der Waals surface area contributed by atoms with Crippen molar-refractivity contribution in [2.75, 3.05) is 19.5 Å². The number of anilines is 1. The van der Waals surface area contributed by atoms with Crippen LogP contribution >= 0.6 is 0 Å². The van der Waals surface area contributed by atoms with E-state index in [1.165, 1.54) is 26.4 Å². The van der Waals surface area contributed by atoms with Crippen LogP contribution in [0.4, 0.5) is 5.69 Å². The molecule has 0 unspecified atom stereocenters. The van der Waals surface area contributed by atoms with E-state index in [0.29, 0.717) is 0 Å². The molecule has 1 amide bonds. The van der Waals surface area contributed by atoms with Crippen LogP contribution in [-0.2, 0) is 26.0 Å². The summed E-state index contributed by atoms with van der Waals surface area (Å²) in [6.07, 6.45) is 0.0838. The van der Waals surface area contributed by atoms with Crippen molar-refractivity contribution in [2.45, 2.75) is 24.3 Å². The maximum absolute atomic E-state index is 13.3. The highest BCUT2D eigenvalue weighted by molar-refractivity contribution is 7.89. The van der Waals surface area contributed by atoms with Crippen LogP contribution in [-0.4, -0.2) is 40.6 Å². The summed E-state index contributed by atoms with van der Waals surface area (Å²) in [5.41, 5.74) is 1.84. The molecule has 0 fully saturated rings. The van der Waals surface area contributed by atoms with E-state index in [4.69, 9.17) is 9.47 Å². The lowest BCUT2D eigenvalue weighted by Gasteiger charge is -2.20. The number of sulfonamides is 1. The number of aryl methyl sites for hydroxylation is 1. The van der Waals surface area contributed by atoms with Crippen molar-refractivity contribution in [1.82, 2.24) is 4.72 Å². The predicted octanol–water partition coefficient (Wildman–Crippen LogP) is 3.32. The molecule has 34 heavy (non-hydrogen) atoms. The van der Waals surface area contributed by atoms with Gasteiger partial charge in [-0.15, -0.1) is 0 Å². The fourth-order valence-electron chi connectivity index (χ4n) is 3.38. The Hall–Kier alpha value is -3.69. The molecule has 0 bridgehead atoms. The zero-order valence-corrected chi connectivity index (χ0v) is 19.9. The molecule has 0 spiro atoms. The zero-order chi connectivity index (χ0) is 24.7. The van der Waals surface area contributed by atoms with Gasteiger partial charge < -0.3 is 14.8 Å². The molecule has 0 heterocycles. The Morgan fingerprint density at radius 2 is 1.62 bits per heavy atom. The minimum atomic E-state index is -4.14. The van der Waals surface area contributed by atoms with E-state index in [-0.39, 0.29) is 28.3 Å². The summed E-state index contributed by atoms with van der Waals surface area (Å²) >= 11 is 0. The van der Waals surface area contributed by atoms with Crippen molar-refractivity contribution in [3.05, 3.63) is 89.5 Å². The van der Waals surface area contributed by atoms with Crippen molar-refractivity contribution in [2.24, 2.45) is 0 Å². The van der Waals surface area contributed by atoms with Crippen LogP contribution in [0.1, 0.15) is 21.5 Å². The Morgan fingerprint density at radius 3 is 2.29 bits per heavy atom. The number of ether oxygens (including phenoxy) is 2. The fourth-order valence-corrected chi connectivity index (χ4v) is 4.83. The summed E-state index contributed by atoms with van der Waals surface area (Å²) in [5, 5.41) is 2.66. The first-order valence-corrected chi connectivity index (χ1v) is 11.9. The average Bonchev–Trinajstić information content (AvgIpc) is 2.84. The van der Waals surface area contributed by atoms with E-state index in [1.807, 2.05) is 6.07 Å². The highest BCUT2D eigenvalue weighted by atomic mass is 32.2. The molecule has 3 rings (SSSR count). The van der Waals surface area contributed by atoms with Crippen molar-refractivity contribution in [1.29, 1.82) is 0 Å². The quantitative estimate of drug-likeness (QED) is 0.453. The van der Waals surface area contributed by atoms with Crippen LogP contribution in [0.15, 0.2) is 77.7 Å². The van der Waals surface area contributed by atoms with Gasteiger partial charge in [-0.2, -0.15) is 4.72 Å². The van der Waals surface area contributed by atoms with Crippen LogP contribution < -0.4 is 14.8 Å². The SMILES string of the molecule is COC(=O)c1ccccc1NC(=O)[C@H](Cc1ccccc1)NS(=O)(=O)c1cc(C)ccc1OC. The zero-order valence-electron chi connectivity index (χ0n) is 19.1. The maximum atomic E-state index is 13.3. The number of carbonyl (C=O) groups is 2. The van der Waals surface area contributed by atoms with Gasteiger partial charge in [-0.25, -0.2) is 13.2 Å². The maximum Gasteiger partial charge on any atom is 0.339 e. The second-order valence-corrected chi connectivity index (χ2v) is 9.23. The third-order valence-electron chi connectivity index (χ3n) is 5.10. The van der Waals surface area contributed by atoms with Gasteiger partial charge in [-0.1, -0.05) is 48.5 Å². The third-order valence-corrected chi connectivity index (χ3v) is 6.59. The molecule has 3 aromatic rings. The Bertz CT molecular complexity index is 1280. The first kappa shape index (κ1) is 24.9. The van der Waals surface area contributed by atoms with E-state index < -0.39 is 27.9 Å². The lowest BCUT2D eigenvalue weighted by molar-refractivity contribution is -0.117. The van der Waals surface area contributed by atoms with Gasteiger partial charge in [0.15, 0.2) is 0 Å². The van der Waals surface area contributed by atoms with Crippen LogP contribution in [0.3, 0.4) is 0 Å². The molecular weight excluding hydrogens is 456 g/mol. The molecule has 0 saturated heterocycles. The van der Waals surface area contributed by atoms with Gasteiger partial charge in [0.2, 0.25) is 15.9 Å². The lowest BCUT2D eigenvalue weighted by atomic mass is 10.1. The summed E-state index contributed by atoms with van der Waals surface area (Å²) in [6.45, 7) is 1.76. The second-order valence-electron chi connectivity index (χ2n) is 7.54. The molecular formula is C25H26N2O6S. The number of rotatable bonds is 9. The first-order chi connectivity index (χ1) is 16.2. The lowest BCUT2D eigenvalue weighted by Crippen LogP contribution is -2.45. The molecule has 0 radical (unpaired) electrons. The summed E-state index contributed by atoms with van der Waals surface area (Å²) < 4.78 is 39.1. The number of benzene rings is 3. The predicted molar refractivity (Wildman–Crippen MR) is 128 cm³/mol. The van der Waals surface area contributed by atoms with Crippen LogP contribution in [0, 0.1) is 6.92 Å². The van der Waals surface area contributed by atoms with Gasteiger partial charge in [-0.3, -0.25) is 4.79 Å². The van der Waals surface area contributed by atoms with Crippen molar-refractivity contribution in [3.8, 4) is 5.75 Å². The number of carbonyl (C=O) groups excluding carboxylic acids is 2. The van der Waals surface area contributed by atoms with E-state index in [1.54, 1.807) is 61.5 Å². The third kappa shape index (κ3) is 6.00. The Balaban J connectivity index is 1.96. The minimum Gasteiger partial charge on any atom is -0.495 e. The van der Waals surface area contributed by atoms with E-state index in [0.717, 1.165) is 11.1 Å². The number of nitrogens with one attached hydrogen (secondary N) is 2. The van der Waals surface area contributed by atoms with Crippen LogP contribution in [0.5, 0.6) is 5.75 Å². The number of methoxy groups -OCH3 is 2. The number of hydrogen-bond donors (Lipinski definition) is 2. The molecule has 3 aromatic carbocycles. The summed E-state index contributed by atoms with van der Waals surface area (Å²) in [7, 11) is -1.53. The largest absolute Gasteiger partial charge is 0.495 e. The molecule has 1 atom stereocenters. The molecule has 0 aliphatic carbocycles.